The molecule has 0 saturated carbocycles. The summed E-state index contributed by atoms with van der Waals surface area (Å²) < 4.78 is 24.6. The van der Waals surface area contributed by atoms with E-state index in [1.165, 1.54) is 35.6 Å². The zero-order chi connectivity index (χ0) is 15.5. The zero-order valence-electron chi connectivity index (χ0n) is 11.4. The van der Waals surface area contributed by atoms with E-state index in [4.69, 9.17) is 5.11 Å². The highest BCUT2D eigenvalue weighted by Crippen LogP contribution is 2.20. The van der Waals surface area contributed by atoms with Crippen LogP contribution in [-0.4, -0.2) is 24.5 Å². The van der Waals surface area contributed by atoms with Gasteiger partial charge in [-0.05, 0) is 31.0 Å². The van der Waals surface area contributed by atoms with Crippen molar-refractivity contribution in [3.05, 3.63) is 45.9 Å². The lowest BCUT2D eigenvalue weighted by atomic mass is 10.2. The number of aryl methyl sites for hydroxylation is 1. The molecule has 2 rings (SSSR count). The Balaban J connectivity index is 2.25. The van der Waals surface area contributed by atoms with Crippen LogP contribution in [0.1, 0.15) is 34.4 Å². The summed E-state index contributed by atoms with van der Waals surface area (Å²) in [5.74, 6) is -1.36. The van der Waals surface area contributed by atoms with Gasteiger partial charge in [-0.25, -0.2) is 18.2 Å². The van der Waals surface area contributed by atoms with E-state index in [0.29, 0.717) is 5.69 Å². The molecule has 0 aliphatic heterocycles. The van der Waals surface area contributed by atoms with Crippen molar-refractivity contribution >= 4 is 27.1 Å². The van der Waals surface area contributed by atoms with Crippen molar-refractivity contribution in [3.8, 4) is 0 Å². The largest absolute Gasteiger partial charge is 0.478 e. The third-order valence-corrected chi connectivity index (χ3v) is 5.45. The molecule has 0 aliphatic carbocycles. The zero-order valence-corrected chi connectivity index (χ0v) is 13.1. The average Bonchev–Trinajstić information content (AvgIpc) is 2.86. The van der Waals surface area contributed by atoms with E-state index in [9.17, 15) is 13.2 Å². The third-order valence-electron chi connectivity index (χ3n) is 2.84. The van der Waals surface area contributed by atoms with Crippen LogP contribution in [0.4, 0.5) is 0 Å². The van der Waals surface area contributed by atoms with E-state index in [1.807, 2.05) is 6.92 Å². The number of hydrogen-bond donors (Lipinski definition) is 1. The second kappa shape index (κ2) is 6.36. The Hall–Kier alpha value is -1.73. The maximum absolute atomic E-state index is 12.3. The number of rotatable bonds is 6. The molecule has 0 amide bonds. The number of carboxylic acids is 1. The van der Waals surface area contributed by atoms with Gasteiger partial charge in [0.1, 0.15) is 0 Å². The fraction of sp³-hybridized carbons (Fsp3) is 0.286. The lowest BCUT2D eigenvalue weighted by Gasteiger charge is -2.03. The highest BCUT2D eigenvalue weighted by atomic mass is 32.2. The van der Waals surface area contributed by atoms with Gasteiger partial charge in [-0.1, -0.05) is 13.0 Å². The highest BCUT2D eigenvalue weighted by Gasteiger charge is 2.18. The molecule has 0 radical (unpaired) electrons. The summed E-state index contributed by atoms with van der Waals surface area (Å²) in [5.41, 5.74) is 0.463. The summed E-state index contributed by atoms with van der Waals surface area (Å²) in [6, 6.07) is 5.38. The normalized spacial score (nSPS) is 11.5. The van der Waals surface area contributed by atoms with Crippen LogP contribution in [0.2, 0.25) is 0 Å². The first-order chi connectivity index (χ1) is 9.92. The van der Waals surface area contributed by atoms with Gasteiger partial charge in [0.05, 0.1) is 26.9 Å². The van der Waals surface area contributed by atoms with Gasteiger partial charge in [0.15, 0.2) is 9.84 Å². The molecule has 0 unspecified atom stereocenters. The van der Waals surface area contributed by atoms with Gasteiger partial charge in [-0.15, -0.1) is 11.3 Å². The predicted octanol–water partition coefficient (Wildman–Crippen LogP) is 2.77. The minimum Gasteiger partial charge on any atom is -0.478 e. The summed E-state index contributed by atoms with van der Waals surface area (Å²) in [6.07, 6.45) is 1.79. The molecule has 5 nitrogen and oxygen atoms in total. The maximum atomic E-state index is 12.3. The molecule has 0 bridgehead atoms. The molecule has 21 heavy (non-hydrogen) atoms. The van der Waals surface area contributed by atoms with Gasteiger partial charge in [0.2, 0.25) is 0 Å². The maximum Gasteiger partial charge on any atom is 0.335 e. The van der Waals surface area contributed by atoms with Crippen LogP contribution in [0.3, 0.4) is 0 Å². The summed E-state index contributed by atoms with van der Waals surface area (Å²) >= 11 is 1.45. The smallest absolute Gasteiger partial charge is 0.335 e. The second-order valence-electron chi connectivity index (χ2n) is 4.57. The van der Waals surface area contributed by atoms with Gasteiger partial charge < -0.3 is 5.11 Å². The molecule has 0 spiro atoms. The molecule has 0 fully saturated rings. The number of hydrogen-bond acceptors (Lipinski definition) is 5. The lowest BCUT2D eigenvalue weighted by Crippen LogP contribution is -2.07. The Kier molecular flexibility index (Phi) is 4.74. The number of aromatic nitrogens is 1. The minimum absolute atomic E-state index is 0.00689. The van der Waals surface area contributed by atoms with Crippen molar-refractivity contribution < 1.29 is 18.3 Å². The molecule has 0 aliphatic rings. The van der Waals surface area contributed by atoms with Gasteiger partial charge >= 0.3 is 5.97 Å². The summed E-state index contributed by atoms with van der Waals surface area (Å²) in [4.78, 5) is 15.2. The van der Waals surface area contributed by atoms with E-state index < -0.39 is 15.8 Å². The highest BCUT2D eigenvalue weighted by molar-refractivity contribution is 7.90. The molecule has 1 aromatic carbocycles. The molecular formula is C14H15NO4S2. The van der Waals surface area contributed by atoms with E-state index in [2.05, 4.69) is 4.98 Å². The van der Waals surface area contributed by atoms with Gasteiger partial charge in [0, 0.05) is 5.38 Å². The standard InChI is InChI=1S/C14H15NO4S2/c1-2-4-13-15-11(8-20-13)9-21(18,19)12-6-3-5-10(7-12)14(16)17/h3,5-8H,2,4,9H2,1H3,(H,16,17). The first kappa shape index (κ1) is 15.7. The average molecular weight is 325 g/mol. The van der Waals surface area contributed by atoms with E-state index in [0.717, 1.165) is 17.8 Å². The number of thiazole rings is 1. The number of nitrogens with zero attached hydrogens (tertiary/aromatic N) is 1. The van der Waals surface area contributed by atoms with Crippen molar-refractivity contribution in [3.63, 3.8) is 0 Å². The van der Waals surface area contributed by atoms with Crippen LogP contribution in [0.15, 0.2) is 34.5 Å². The van der Waals surface area contributed by atoms with Crippen molar-refractivity contribution in [1.29, 1.82) is 0 Å². The van der Waals surface area contributed by atoms with Gasteiger partial charge in [0.25, 0.3) is 0 Å². The first-order valence-corrected chi connectivity index (χ1v) is 8.95. The van der Waals surface area contributed by atoms with E-state index in [1.54, 1.807) is 5.38 Å². The summed E-state index contributed by atoms with van der Waals surface area (Å²) in [5, 5.41) is 11.6. The molecule has 1 N–H and O–H groups in total. The van der Waals surface area contributed by atoms with E-state index in [-0.39, 0.29) is 16.2 Å². The SMILES string of the molecule is CCCc1nc(CS(=O)(=O)c2cccc(C(=O)O)c2)cs1. The van der Waals surface area contributed by atoms with Crippen LogP contribution in [0.25, 0.3) is 0 Å². The molecule has 2 aromatic rings. The quantitative estimate of drug-likeness (QED) is 0.883. The van der Waals surface area contributed by atoms with Crippen molar-refractivity contribution in [2.75, 3.05) is 0 Å². The monoisotopic (exact) mass is 325 g/mol. The van der Waals surface area contributed by atoms with Crippen LogP contribution in [-0.2, 0) is 22.0 Å². The van der Waals surface area contributed by atoms with Crippen LogP contribution in [0, 0.1) is 0 Å². The number of aromatic carboxylic acids is 1. The molecule has 1 aromatic heterocycles. The molecule has 0 saturated heterocycles. The number of sulfone groups is 1. The topological polar surface area (TPSA) is 84.3 Å². The van der Waals surface area contributed by atoms with E-state index >= 15 is 0 Å². The lowest BCUT2D eigenvalue weighted by molar-refractivity contribution is 0.0696. The Labute approximate surface area is 127 Å². The number of carbonyl (C=O) groups is 1. The Morgan fingerprint density at radius 1 is 1.38 bits per heavy atom. The van der Waals surface area contributed by atoms with Crippen LogP contribution >= 0.6 is 11.3 Å². The fourth-order valence-electron chi connectivity index (χ4n) is 1.84. The third kappa shape index (κ3) is 3.89. The molecular weight excluding hydrogens is 310 g/mol. The first-order valence-electron chi connectivity index (χ1n) is 6.42. The second-order valence-corrected chi connectivity index (χ2v) is 7.51. The van der Waals surface area contributed by atoms with Crippen molar-refractivity contribution in [2.45, 2.75) is 30.4 Å². The number of benzene rings is 1. The van der Waals surface area contributed by atoms with Crippen molar-refractivity contribution in [2.24, 2.45) is 0 Å². The number of carboxylic acid groups (broad SMARTS) is 1. The van der Waals surface area contributed by atoms with Gasteiger partial charge in [-0.3, -0.25) is 0 Å². The molecule has 112 valence electrons. The summed E-state index contributed by atoms with van der Waals surface area (Å²) in [6.45, 7) is 2.04. The Morgan fingerprint density at radius 2 is 2.14 bits per heavy atom. The molecule has 1 heterocycles. The Bertz CT molecular complexity index is 750. The Morgan fingerprint density at radius 3 is 2.81 bits per heavy atom. The van der Waals surface area contributed by atoms with Crippen molar-refractivity contribution in [1.82, 2.24) is 4.98 Å². The van der Waals surface area contributed by atoms with Gasteiger partial charge in [-0.2, -0.15) is 0 Å². The van der Waals surface area contributed by atoms with Crippen LogP contribution < -0.4 is 0 Å². The minimum atomic E-state index is -3.59. The molecule has 7 heteroatoms. The fourth-order valence-corrected chi connectivity index (χ4v) is 4.15. The van der Waals surface area contributed by atoms with Crippen LogP contribution in [0.5, 0.6) is 0 Å². The summed E-state index contributed by atoms with van der Waals surface area (Å²) in [7, 11) is -3.59. The predicted molar refractivity (Wildman–Crippen MR) is 80.4 cm³/mol. The molecule has 0 atom stereocenters.